The number of hydrogen-bond acceptors (Lipinski definition) is 6. The highest BCUT2D eigenvalue weighted by atomic mass is 16.5. The molecule has 3 aromatic rings. The van der Waals surface area contributed by atoms with Crippen molar-refractivity contribution in [2.24, 2.45) is 11.5 Å². The summed E-state index contributed by atoms with van der Waals surface area (Å²) in [6.07, 6.45) is 2.79. The standard InChI is InChI=1S/C14H12N6O4/c15-10(21)6-24-13(22)7-4-9(20(5-7)14(16)23)11-8-2-1-3-17-12(8)19-18-11/h1-5H,6H2,(H2,15,21)(H2,16,23)(H,17,18,19). The zero-order chi connectivity index (χ0) is 17.3. The zero-order valence-corrected chi connectivity index (χ0v) is 12.2. The Kier molecular flexibility index (Phi) is 3.70. The van der Waals surface area contributed by atoms with E-state index in [1.165, 1.54) is 12.3 Å². The van der Waals surface area contributed by atoms with E-state index in [0.29, 0.717) is 16.7 Å². The molecule has 10 heteroatoms. The van der Waals surface area contributed by atoms with Crippen molar-refractivity contribution in [3.8, 4) is 11.4 Å². The van der Waals surface area contributed by atoms with E-state index in [-0.39, 0.29) is 11.3 Å². The van der Waals surface area contributed by atoms with Gasteiger partial charge in [-0.05, 0) is 18.2 Å². The molecule has 0 fully saturated rings. The summed E-state index contributed by atoms with van der Waals surface area (Å²) >= 11 is 0. The Morgan fingerprint density at radius 1 is 1.29 bits per heavy atom. The molecule has 0 saturated heterocycles. The molecule has 0 aliphatic heterocycles. The van der Waals surface area contributed by atoms with Crippen molar-refractivity contribution >= 4 is 28.9 Å². The van der Waals surface area contributed by atoms with E-state index < -0.39 is 24.5 Å². The Balaban J connectivity index is 2.06. The molecular weight excluding hydrogens is 316 g/mol. The van der Waals surface area contributed by atoms with Gasteiger partial charge in [0.1, 0.15) is 5.69 Å². The first-order valence-corrected chi connectivity index (χ1v) is 6.74. The summed E-state index contributed by atoms with van der Waals surface area (Å²) in [6.45, 7) is -0.564. The summed E-state index contributed by atoms with van der Waals surface area (Å²) in [7, 11) is 0. The van der Waals surface area contributed by atoms with Gasteiger partial charge in [0.05, 0.1) is 11.3 Å². The maximum absolute atomic E-state index is 11.9. The van der Waals surface area contributed by atoms with E-state index >= 15 is 0 Å². The quantitative estimate of drug-likeness (QED) is 0.571. The Bertz CT molecular complexity index is 957. The molecule has 0 bridgehead atoms. The van der Waals surface area contributed by atoms with Gasteiger partial charge in [0.2, 0.25) is 0 Å². The lowest BCUT2D eigenvalue weighted by molar-refractivity contribution is -0.121. The predicted molar refractivity (Wildman–Crippen MR) is 81.8 cm³/mol. The minimum absolute atomic E-state index is 0.0325. The van der Waals surface area contributed by atoms with Gasteiger partial charge in [-0.25, -0.2) is 14.6 Å². The molecule has 0 spiro atoms. The third-order valence-electron chi connectivity index (χ3n) is 3.22. The smallest absolute Gasteiger partial charge is 0.340 e. The van der Waals surface area contributed by atoms with Gasteiger partial charge in [0.25, 0.3) is 5.91 Å². The molecule has 24 heavy (non-hydrogen) atoms. The molecule has 0 aromatic carbocycles. The summed E-state index contributed by atoms with van der Waals surface area (Å²) in [4.78, 5) is 38.4. The van der Waals surface area contributed by atoms with E-state index in [0.717, 1.165) is 4.57 Å². The highest BCUT2D eigenvalue weighted by Crippen LogP contribution is 2.27. The average molecular weight is 328 g/mol. The second-order valence-corrected chi connectivity index (χ2v) is 4.84. The highest BCUT2D eigenvalue weighted by Gasteiger charge is 2.20. The Hall–Kier alpha value is -3.69. The molecule has 10 nitrogen and oxygen atoms in total. The zero-order valence-electron chi connectivity index (χ0n) is 12.2. The number of amides is 2. The maximum atomic E-state index is 11.9. The molecular formula is C14H12N6O4. The fraction of sp³-hybridized carbons (Fsp3) is 0.0714. The van der Waals surface area contributed by atoms with Gasteiger partial charge in [0.15, 0.2) is 12.3 Å². The van der Waals surface area contributed by atoms with Gasteiger partial charge in [-0.1, -0.05) is 0 Å². The Labute approximate surface area is 134 Å². The SMILES string of the molecule is NC(=O)COC(=O)c1cc(-c2n[nH]c3ncccc23)n(C(N)=O)c1. The largest absolute Gasteiger partial charge is 0.452 e. The lowest BCUT2D eigenvalue weighted by Crippen LogP contribution is -2.21. The number of fused-ring (bicyclic) bond motifs is 1. The molecule has 0 radical (unpaired) electrons. The maximum Gasteiger partial charge on any atom is 0.340 e. The number of pyridine rings is 1. The number of esters is 1. The van der Waals surface area contributed by atoms with Gasteiger partial charge < -0.3 is 16.2 Å². The van der Waals surface area contributed by atoms with E-state index in [1.807, 2.05) is 0 Å². The first kappa shape index (κ1) is 15.2. The number of rotatable bonds is 4. The van der Waals surface area contributed by atoms with Crippen LogP contribution in [0.5, 0.6) is 0 Å². The monoisotopic (exact) mass is 328 g/mol. The van der Waals surface area contributed by atoms with Crippen molar-refractivity contribution in [1.82, 2.24) is 19.7 Å². The molecule has 122 valence electrons. The number of H-pyrrole nitrogens is 1. The van der Waals surface area contributed by atoms with Crippen molar-refractivity contribution in [3.05, 3.63) is 36.2 Å². The van der Waals surface area contributed by atoms with E-state index in [9.17, 15) is 14.4 Å². The van der Waals surface area contributed by atoms with Crippen molar-refractivity contribution in [3.63, 3.8) is 0 Å². The number of nitrogens with zero attached hydrogens (tertiary/aromatic N) is 3. The first-order valence-electron chi connectivity index (χ1n) is 6.74. The highest BCUT2D eigenvalue weighted by molar-refractivity contribution is 5.98. The van der Waals surface area contributed by atoms with E-state index in [4.69, 9.17) is 16.2 Å². The number of carbonyl (C=O) groups is 3. The number of primary amides is 2. The first-order chi connectivity index (χ1) is 11.5. The van der Waals surface area contributed by atoms with Crippen LogP contribution in [0.1, 0.15) is 10.4 Å². The minimum Gasteiger partial charge on any atom is -0.452 e. The Morgan fingerprint density at radius 2 is 2.08 bits per heavy atom. The van der Waals surface area contributed by atoms with Gasteiger partial charge in [-0.15, -0.1) is 0 Å². The van der Waals surface area contributed by atoms with Crippen LogP contribution < -0.4 is 11.5 Å². The molecule has 0 atom stereocenters. The normalized spacial score (nSPS) is 10.7. The van der Waals surface area contributed by atoms with E-state index in [1.54, 1.807) is 18.3 Å². The van der Waals surface area contributed by atoms with Crippen LogP contribution in [-0.4, -0.2) is 44.3 Å². The molecule has 3 aromatic heterocycles. The fourth-order valence-electron chi connectivity index (χ4n) is 2.21. The topological polar surface area (TPSA) is 159 Å². The second-order valence-electron chi connectivity index (χ2n) is 4.84. The van der Waals surface area contributed by atoms with Crippen molar-refractivity contribution < 1.29 is 19.1 Å². The van der Waals surface area contributed by atoms with Crippen molar-refractivity contribution in [1.29, 1.82) is 0 Å². The van der Waals surface area contributed by atoms with Gasteiger partial charge in [-0.2, -0.15) is 5.10 Å². The molecule has 0 saturated carbocycles. The lowest BCUT2D eigenvalue weighted by Gasteiger charge is -2.01. The van der Waals surface area contributed by atoms with Crippen molar-refractivity contribution in [2.45, 2.75) is 0 Å². The van der Waals surface area contributed by atoms with Gasteiger partial charge in [0, 0.05) is 17.8 Å². The van der Waals surface area contributed by atoms with Crippen LogP contribution in [-0.2, 0) is 9.53 Å². The van der Waals surface area contributed by atoms with Gasteiger partial charge in [-0.3, -0.25) is 14.5 Å². The third-order valence-corrected chi connectivity index (χ3v) is 3.22. The number of aromatic amines is 1. The van der Waals surface area contributed by atoms with Crippen LogP contribution in [0.3, 0.4) is 0 Å². The number of hydrogen-bond donors (Lipinski definition) is 3. The summed E-state index contributed by atoms with van der Waals surface area (Å²) in [5.74, 6) is -1.60. The van der Waals surface area contributed by atoms with Crippen LogP contribution in [0.25, 0.3) is 22.4 Å². The van der Waals surface area contributed by atoms with Crippen LogP contribution in [0.4, 0.5) is 4.79 Å². The summed E-state index contributed by atoms with van der Waals surface area (Å²) < 4.78 is 5.78. The molecule has 0 unspecified atom stereocenters. The van der Waals surface area contributed by atoms with Crippen LogP contribution in [0, 0.1) is 0 Å². The minimum atomic E-state index is -0.812. The number of nitrogens with one attached hydrogen (secondary N) is 1. The lowest BCUT2D eigenvalue weighted by atomic mass is 10.2. The van der Waals surface area contributed by atoms with Crippen molar-refractivity contribution in [2.75, 3.05) is 6.61 Å². The predicted octanol–water partition coefficient (Wildman–Crippen LogP) is -0.00470. The number of ether oxygens (including phenoxy) is 1. The van der Waals surface area contributed by atoms with Crippen LogP contribution in [0.2, 0.25) is 0 Å². The van der Waals surface area contributed by atoms with Gasteiger partial charge >= 0.3 is 12.0 Å². The molecule has 5 N–H and O–H groups in total. The number of carbonyl (C=O) groups excluding carboxylic acids is 3. The van der Waals surface area contributed by atoms with Crippen LogP contribution >= 0.6 is 0 Å². The molecule has 3 heterocycles. The second kappa shape index (κ2) is 5.83. The fourth-order valence-corrected chi connectivity index (χ4v) is 2.21. The summed E-state index contributed by atoms with van der Waals surface area (Å²) in [5, 5.41) is 7.49. The Morgan fingerprint density at radius 3 is 2.79 bits per heavy atom. The summed E-state index contributed by atoms with van der Waals surface area (Å²) in [5.41, 5.74) is 11.5. The molecule has 2 amide bonds. The number of aromatic nitrogens is 4. The third kappa shape index (κ3) is 2.67. The molecule has 0 aliphatic carbocycles. The van der Waals surface area contributed by atoms with E-state index in [2.05, 4.69) is 15.2 Å². The summed E-state index contributed by atoms with van der Waals surface area (Å²) in [6, 6.07) is 4.04. The van der Waals surface area contributed by atoms with Crippen LogP contribution in [0.15, 0.2) is 30.6 Å². The number of nitrogens with two attached hydrogens (primary N) is 2. The average Bonchev–Trinajstić information content (AvgIpc) is 3.16. The molecule has 3 rings (SSSR count). The molecule has 0 aliphatic rings.